The van der Waals surface area contributed by atoms with Crippen molar-refractivity contribution in [3.05, 3.63) is 22.5 Å². The molecule has 6 nitrogen and oxygen atoms in total. The SMILES string of the molecule is CCOC(=O)c1nc(C2CC(Cl)=NO2)cc(N)c1Cl. The number of carbonyl (C=O) groups is 1. The summed E-state index contributed by atoms with van der Waals surface area (Å²) in [5, 5.41) is 4.00. The number of pyridine rings is 1. The van der Waals surface area contributed by atoms with Crippen molar-refractivity contribution in [3.63, 3.8) is 0 Å². The molecule has 0 spiro atoms. The molecule has 8 heteroatoms. The van der Waals surface area contributed by atoms with Crippen molar-refractivity contribution in [2.45, 2.75) is 19.4 Å². The van der Waals surface area contributed by atoms with Crippen LogP contribution >= 0.6 is 23.2 Å². The molecule has 2 heterocycles. The summed E-state index contributed by atoms with van der Waals surface area (Å²) in [7, 11) is 0. The number of halogens is 2. The topological polar surface area (TPSA) is 86.8 Å². The van der Waals surface area contributed by atoms with Crippen molar-refractivity contribution in [1.82, 2.24) is 4.98 Å². The van der Waals surface area contributed by atoms with Gasteiger partial charge in [-0.05, 0) is 13.0 Å². The van der Waals surface area contributed by atoms with Gasteiger partial charge in [-0.15, -0.1) is 0 Å². The van der Waals surface area contributed by atoms with E-state index in [0.717, 1.165) is 0 Å². The minimum absolute atomic E-state index is 0.0369. The molecule has 0 aliphatic carbocycles. The second kappa shape index (κ2) is 5.63. The Morgan fingerprint density at radius 2 is 2.37 bits per heavy atom. The Bertz CT molecular complexity index is 548. The highest BCUT2D eigenvalue weighted by atomic mass is 35.5. The summed E-state index contributed by atoms with van der Waals surface area (Å²) in [5.41, 5.74) is 6.37. The van der Waals surface area contributed by atoms with Crippen LogP contribution in [0.4, 0.5) is 5.69 Å². The molecule has 0 fully saturated rings. The fourth-order valence-corrected chi connectivity index (χ4v) is 1.93. The molecule has 1 aromatic rings. The van der Waals surface area contributed by atoms with Crippen molar-refractivity contribution < 1.29 is 14.4 Å². The predicted octanol–water partition coefficient (Wildman–Crippen LogP) is 2.51. The maximum absolute atomic E-state index is 11.7. The summed E-state index contributed by atoms with van der Waals surface area (Å²) in [4.78, 5) is 20.9. The third-order valence-electron chi connectivity index (χ3n) is 2.44. The average molecular weight is 304 g/mol. The first-order chi connectivity index (χ1) is 9.02. The molecule has 19 heavy (non-hydrogen) atoms. The minimum Gasteiger partial charge on any atom is -0.461 e. The number of ether oxygens (including phenoxy) is 1. The van der Waals surface area contributed by atoms with Crippen LogP contribution < -0.4 is 5.73 Å². The van der Waals surface area contributed by atoms with E-state index in [-0.39, 0.29) is 23.0 Å². The molecule has 0 saturated carbocycles. The van der Waals surface area contributed by atoms with Gasteiger partial charge in [-0.1, -0.05) is 28.4 Å². The van der Waals surface area contributed by atoms with Gasteiger partial charge in [-0.2, -0.15) is 0 Å². The van der Waals surface area contributed by atoms with E-state index in [0.29, 0.717) is 17.3 Å². The van der Waals surface area contributed by atoms with Gasteiger partial charge in [0.15, 0.2) is 11.8 Å². The van der Waals surface area contributed by atoms with Crippen LogP contribution in [0, 0.1) is 0 Å². The fraction of sp³-hybridized carbons (Fsp3) is 0.364. The molecule has 0 saturated heterocycles. The van der Waals surface area contributed by atoms with Gasteiger partial charge >= 0.3 is 5.97 Å². The second-order valence-corrected chi connectivity index (χ2v) is 4.60. The van der Waals surface area contributed by atoms with Gasteiger partial charge < -0.3 is 15.3 Å². The molecular weight excluding hydrogens is 293 g/mol. The molecule has 1 aliphatic rings. The second-order valence-electron chi connectivity index (χ2n) is 3.79. The lowest BCUT2D eigenvalue weighted by atomic mass is 10.1. The summed E-state index contributed by atoms with van der Waals surface area (Å²) in [6.07, 6.45) is -0.0991. The van der Waals surface area contributed by atoms with Crippen molar-refractivity contribution >= 4 is 40.0 Å². The molecule has 1 aliphatic heterocycles. The number of nitrogens with two attached hydrogens (primary N) is 1. The average Bonchev–Trinajstić information content (AvgIpc) is 2.79. The number of nitrogens with zero attached hydrogens (tertiary/aromatic N) is 2. The van der Waals surface area contributed by atoms with Crippen LogP contribution in [0.5, 0.6) is 0 Å². The Morgan fingerprint density at radius 1 is 1.63 bits per heavy atom. The van der Waals surface area contributed by atoms with Gasteiger partial charge in [0.25, 0.3) is 0 Å². The van der Waals surface area contributed by atoms with E-state index in [1.807, 2.05) is 0 Å². The first-order valence-electron chi connectivity index (χ1n) is 5.54. The molecule has 1 unspecified atom stereocenters. The van der Waals surface area contributed by atoms with E-state index in [1.54, 1.807) is 6.92 Å². The molecule has 2 N–H and O–H groups in total. The summed E-state index contributed by atoms with van der Waals surface area (Å²) in [5.74, 6) is -0.633. The lowest BCUT2D eigenvalue weighted by molar-refractivity contribution is 0.0516. The largest absolute Gasteiger partial charge is 0.461 e. The number of anilines is 1. The molecule has 102 valence electrons. The summed E-state index contributed by atoms with van der Waals surface area (Å²) < 4.78 is 4.87. The first kappa shape index (κ1) is 13.9. The first-order valence-corrected chi connectivity index (χ1v) is 6.29. The highest BCUT2D eigenvalue weighted by Crippen LogP contribution is 2.32. The Kier molecular flexibility index (Phi) is 4.11. The third-order valence-corrected chi connectivity index (χ3v) is 3.06. The van der Waals surface area contributed by atoms with Crippen molar-refractivity contribution in [2.75, 3.05) is 12.3 Å². The van der Waals surface area contributed by atoms with Crippen LogP contribution in [0.2, 0.25) is 5.02 Å². The summed E-state index contributed by atoms with van der Waals surface area (Å²) in [6, 6.07) is 1.53. The van der Waals surface area contributed by atoms with Gasteiger partial charge in [0.05, 0.1) is 23.0 Å². The standard InChI is InChI=1S/C11H11Cl2N3O3/c1-2-18-11(17)10-9(13)5(14)3-6(15-10)7-4-8(12)16-19-7/h3,7H,2,4H2,1H3,(H2,14,15). The normalized spacial score (nSPS) is 17.8. The lowest BCUT2D eigenvalue weighted by Gasteiger charge is -2.12. The van der Waals surface area contributed by atoms with E-state index in [1.165, 1.54) is 6.07 Å². The quantitative estimate of drug-likeness (QED) is 0.867. The highest BCUT2D eigenvalue weighted by molar-refractivity contribution is 6.65. The zero-order chi connectivity index (χ0) is 14.0. The minimum atomic E-state index is -0.633. The van der Waals surface area contributed by atoms with Gasteiger partial charge in [0.1, 0.15) is 5.17 Å². The van der Waals surface area contributed by atoms with Gasteiger partial charge in [0.2, 0.25) is 0 Å². The van der Waals surface area contributed by atoms with E-state index >= 15 is 0 Å². The molecular formula is C11H11Cl2N3O3. The molecule has 0 bridgehead atoms. The fourth-order valence-electron chi connectivity index (χ4n) is 1.58. The number of hydrogen-bond donors (Lipinski definition) is 1. The lowest BCUT2D eigenvalue weighted by Crippen LogP contribution is -2.12. The summed E-state index contributed by atoms with van der Waals surface area (Å²) >= 11 is 11.7. The van der Waals surface area contributed by atoms with E-state index in [4.69, 9.17) is 38.5 Å². The smallest absolute Gasteiger partial charge is 0.358 e. The molecule has 0 radical (unpaired) electrons. The van der Waals surface area contributed by atoms with Crippen molar-refractivity contribution in [2.24, 2.45) is 5.16 Å². The van der Waals surface area contributed by atoms with Crippen LogP contribution in [0.25, 0.3) is 0 Å². The molecule has 1 aromatic heterocycles. The molecule has 0 aromatic carbocycles. The number of rotatable bonds is 3. The number of carbonyl (C=O) groups excluding carboxylic acids is 1. The number of hydrogen-bond acceptors (Lipinski definition) is 6. The zero-order valence-electron chi connectivity index (χ0n) is 10.0. The number of esters is 1. The van der Waals surface area contributed by atoms with E-state index in [2.05, 4.69) is 10.1 Å². The highest BCUT2D eigenvalue weighted by Gasteiger charge is 2.26. The van der Waals surface area contributed by atoms with Crippen molar-refractivity contribution in [1.29, 1.82) is 0 Å². The Balaban J connectivity index is 2.34. The maximum atomic E-state index is 11.7. The van der Waals surface area contributed by atoms with Gasteiger partial charge in [0, 0.05) is 6.42 Å². The molecule has 1 atom stereocenters. The van der Waals surface area contributed by atoms with Crippen LogP contribution in [-0.4, -0.2) is 22.7 Å². The van der Waals surface area contributed by atoms with Crippen LogP contribution in [-0.2, 0) is 9.57 Å². The summed E-state index contributed by atoms with van der Waals surface area (Å²) in [6.45, 7) is 1.91. The van der Waals surface area contributed by atoms with E-state index < -0.39 is 12.1 Å². The number of aromatic nitrogens is 1. The maximum Gasteiger partial charge on any atom is 0.358 e. The number of oxime groups is 1. The Hall–Kier alpha value is -1.53. The monoisotopic (exact) mass is 303 g/mol. The molecule has 2 rings (SSSR count). The Morgan fingerprint density at radius 3 is 2.95 bits per heavy atom. The van der Waals surface area contributed by atoms with Gasteiger partial charge in [-0.3, -0.25) is 0 Å². The van der Waals surface area contributed by atoms with Gasteiger partial charge in [-0.25, -0.2) is 9.78 Å². The predicted molar refractivity (Wildman–Crippen MR) is 71.3 cm³/mol. The van der Waals surface area contributed by atoms with Crippen LogP contribution in [0.15, 0.2) is 11.2 Å². The van der Waals surface area contributed by atoms with Crippen LogP contribution in [0.1, 0.15) is 35.6 Å². The number of nitrogen functional groups attached to an aromatic ring is 1. The van der Waals surface area contributed by atoms with E-state index in [9.17, 15) is 4.79 Å². The Labute approximate surface area is 119 Å². The zero-order valence-corrected chi connectivity index (χ0v) is 11.5. The third kappa shape index (κ3) is 2.90. The van der Waals surface area contributed by atoms with Crippen molar-refractivity contribution in [3.8, 4) is 0 Å². The molecule has 0 amide bonds. The van der Waals surface area contributed by atoms with Crippen LogP contribution in [0.3, 0.4) is 0 Å².